The van der Waals surface area contributed by atoms with Crippen LogP contribution in [0.3, 0.4) is 0 Å². The van der Waals surface area contributed by atoms with Gasteiger partial charge in [-0.1, -0.05) is 19.8 Å². The molecule has 3 unspecified atom stereocenters. The number of carbonyl (C=O) groups excluding carboxylic acids is 1. The summed E-state index contributed by atoms with van der Waals surface area (Å²) < 4.78 is 0. The maximum absolute atomic E-state index is 11.7. The lowest BCUT2D eigenvalue weighted by Gasteiger charge is -2.28. The maximum Gasteiger partial charge on any atom is 0.234 e. The molecule has 4 heteroatoms. The molecule has 18 heavy (non-hydrogen) atoms. The largest absolute Gasteiger partial charge is 0.353 e. The van der Waals surface area contributed by atoms with E-state index in [2.05, 4.69) is 30.7 Å². The molecule has 2 N–H and O–H groups in total. The monoisotopic (exact) mass is 272 g/mol. The van der Waals surface area contributed by atoms with Gasteiger partial charge in [0.05, 0.1) is 6.54 Å². The van der Waals surface area contributed by atoms with Crippen LogP contribution in [0.25, 0.3) is 0 Å². The van der Waals surface area contributed by atoms with Crippen LogP contribution in [0.2, 0.25) is 0 Å². The van der Waals surface area contributed by atoms with Gasteiger partial charge in [-0.25, -0.2) is 0 Å². The minimum Gasteiger partial charge on any atom is -0.353 e. The number of hydrogen-bond acceptors (Lipinski definition) is 3. The number of amides is 1. The van der Waals surface area contributed by atoms with Gasteiger partial charge in [-0.15, -0.1) is 0 Å². The summed E-state index contributed by atoms with van der Waals surface area (Å²) in [5, 5.41) is 7.22. The van der Waals surface area contributed by atoms with Crippen molar-refractivity contribution in [1.82, 2.24) is 10.6 Å². The third kappa shape index (κ3) is 6.10. The van der Waals surface area contributed by atoms with Crippen molar-refractivity contribution < 1.29 is 4.79 Å². The standard InChI is InChI=1S/C14H28N2OS/c1-4-6-11(2)16-14(17)10-15-12-7-5-8-13(9-12)18-3/h11-13,15H,4-10H2,1-3H3,(H,16,17). The molecule has 3 nitrogen and oxygen atoms in total. The van der Waals surface area contributed by atoms with Crippen LogP contribution in [0.1, 0.15) is 52.4 Å². The molecule has 0 heterocycles. The fraction of sp³-hybridized carbons (Fsp3) is 0.929. The fourth-order valence-corrected chi connectivity index (χ4v) is 3.44. The molecule has 1 amide bonds. The van der Waals surface area contributed by atoms with Crippen LogP contribution in [0, 0.1) is 0 Å². The van der Waals surface area contributed by atoms with E-state index in [1.54, 1.807) is 0 Å². The topological polar surface area (TPSA) is 41.1 Å². The Morgan fingerprint density at radius 3 is 2.89 bits per heavy atom. The molecule has 1 aliphatic rings. The van der Waals surface area contributed by atoms with Gasteiger partial charge >= 0.3 is 0 Å². The number of nitrogens with one attached hydrogen (secondary N) is 2. The Morgan fingerprint density at radius 2 is 2.22 bits per heavy atom. The van der Waals surface area contributed by atoms with E-state index in [9.17, 15) is 4.79 Å². The molecule has 0 spiro atoms. The molecule has 0 saturated heterocycles. The van der Waals surface area contributed by atoms with E-state index in [0.29, 0.717) is 18.6 Å². The Morgan fingerprint density at radius 1 is 1.44 bits per heavy atom. The summed E-state index contributed by atoms with van der Waals surface area (Å²) in [6, 6.07) is 0.832. The Labute approximate surface area is 116 Å². The summed E-state index contributed by atoms with van der Waals surface area (Å²) in [6.45, 7) is 4.69. The first-order valence-electron chi connectivity index (χ1n) is 7.21. The first kappa shape index (κ1) is 15.8. The molecular weight excluding hydrogens is 244 g/mol. The number of thioether (sulfide) groups is 1. The van der Waals surface area contributed by atoms with Crippen molar-refractivity contribution in [2.45, 2.75) is 69.7 Å². The van der Waals surface area contributed by atoms with E-state index in [0.717, 1.165) is 18.1 Å². The lowest BCUT2D eigenvalue weighted by atomic mass is 9.95. The van der Waals surface area contributed by atoms with Crippen molar-refractivity contribution in [2.75, 3.05) is 12.8 Å². The zero-order valence-electron chi connectivity index (χ0n) is 12.0. The second kappa shape index (κ2) is 8.81. The smallest absolute Gasteiger partial charge is 0.234 e. The average molecular weight is 272 g/mol. The molecule has 0 aromatic carbocycles. The van der Waals surface area contributed by atoms with Crippen molar-refractivity contribution >= 4 is 17.7 Å². The Hall–Kier alpha value is -0.220. The summed E-state index contributed by atoms with van der Waals surface area (Å²) in [4.78, 5) is 11.7. The van der Waals surface area contributed by atoms with Gasteiger partial charge in [0.15, 0.2) is 0 Å². The first-order valence-corrected chi connectivity index (χ1v) is 8.50. The van der Waals surface area contributed by atoms with E-state index < -0.39 is 0 Å². The zero-order valence-corrected chi connectivity index (χ0v) is 12.8. The molecule has 1 fully saturated rings. The second-order valence-electron chi connectivity index (χ2n) is 5.36. The molecule has 1 rings (SSSR count). The minimum absolute atomic E-state index is 0.141. The molecular formula is C14H28N2OS. The van der Waals surface area contributed by atoms with Crippen LogP contribution < -0.4 is 10.6 Å². The van der Waals surface area contributed by atoms with E-state index in [4.69, 9.17) is 0 Å². The summed E-state index contributed by atoms with van der Waals surface area (Å²) >= 11 is 1.96. The zero-order chi connectivity index (χ0) is 13.4. The third-order valence-corrected chi connectivity index (χ3v) is 4.73. The van der Waals surface area contributed by atoms with Crippen molar-refractivity contribution in [1.29, 1.82) is 0 Å². The number of rotatable bonds is 7. The van der Waals surface area contributed by atoms with E-state index in [1.807, 2.05) is 11.8 Å². The summed E-state index contributed by atoms with van der Waals surface area (Å²) in [5.41, 5.74) is 0. The minimum atomic E-state index is 0.141. The fourth-order valence-electron chi connectivity index (χ4n) is 2.61. The average Bonchev–Trinajstić information content (AvgIpc) is 2.37. The highest BCUT2D eigenvalue weighted by atomic mass is 32.2. The van der Waals surface area contributed by atoms with Gasteiger partial charge in [-0.3, -0.25) is 4.79 Å². The molecule has 106 valence electrons. The number of hydrogen-bond donors (Lipinski definition) is 2. The first-order chi connectivity index (χ1) is 8.65. The highest BCUT2D eigenvalue weighted by molar-refractivity contribution is 7.99. The third-order valence-electron chi connectivity index (χ3n) is 3.64. The quantitative estimate of drug-likeness (QED) is 0.748. The molecule has 0 aromatic rings. The molecule has 0 aliphatic heterocycles. The summed E-state index contributed by atoms with van der Waals surface area (Å²) in [6.07, 6.45) is 9.41. The van der Waals surface area contributed by atoms with Gasteiger partial charge in [0, 0.05) is 17.3 Å². The lowest BCUT2D eigenvalue weighted by molar-refractivity contribution is -0.121. The lowest BCUT2D eigenvalue weighted by Crippen LogP contribution is -2.44. The SMILES string of the molecule is CCCC(C)NC(=O)CNC1CCCC(SC)C1. The molecule has 1 aliphatic carbocycles. The predicted octanol–water partition coefficient (Wildman–Crippen LogP) is 2.55. The molecule has 0 aromatic heterocycles. The summed E-state index contributed by atoms with van der Waals surface area (Å²) in [7, 11) is 0. The molecule has 0 radical (unpaired) electrons. The molecule has 0 bridgehead atoms. The Balaban J connectivity index is 2.17. The highest BCUT2D eigenvalue weighted by Gasteiger charge is 2.21. The van der Waals surface area contributed by atoms with Gasteiger partial charge in [-0.05, 0) is 38.9 Å². The summed E-state index contributed by atoms with van der Waals surface area (Å²) in [5.74, 6) is 0.141. The van der Waals surface area contributed by atoms with Crippen LogP contribution in [0.5, 0.6) is 0 Å². The van der Waals surface area contributed by atoms with Crippen LogP contribution in [-0.2, 0) is 4.79 Å². The highest BCUT2D eigenvalue weighted by Crippen LogP contribution is 2.26. The van der Waals surface area contributed by atoms with Crippen LogP contribution >= 0.6 is 11.8 Å². The van der Waals surface area contributed by atoms with Crippen molar-refractivity contribution in [3.8, 4) is 0 Å². The normalized spacial score (nSPS) is 25.7. The van der Waals surface area contributed by atoms with Gasteiger partial charge in [0.1, 0.15) is 0 Å². The van der Waals surface area contributed by atoms with Crippen LogP contribution in [0.4, 0.5) is 0 Å². The van der Waals surface area contributed by atoms with Crippen LogP contribution in [0.15, 0.2) is 0 Å². The van der Waals surface area contributed by atoms with Gasteiger partial charge < -0.3 is 10.6 Å². The maximum atomic E-state index is 11.7. The van der Waals surface area contributed by atoms with E-state index in [1.165, 1.54) is 25.7 Å². The van der Waals surface area contributed by atoms with Crippen molar-refractivity contribution in [3.05, 3.63) is 0 Å². The number of carbonyl (C=O) groups is 1. The van der Waals surface area contributed by atoms with Gasteiger partial charge in [-0.2, -0.15) is 11.8 Å². The van der Waals surface area contributed by atoms with Gasteiger partial charge in [0.25, 0.3) is 0 Å². The van der Waals surface area contributed by atoms with Crippen LogP contribution in [-0.4, -0.2) is 36.0 Å². The van der Waals surface area contributed by atoms with Crippen molar-refractivity contribution in [2.24, 2.45) is 0 Å². The molecule has 1 saturated carbocycles. The predicted molar refractivity (Wildman–Crippen MR) is 80.1 cm³/mol. The second-order valence-corrected chi connectivity index (χ2v) is 6.50. The Bertz CT molecular complexity index is 248. The van der Waals surface area contributed by atoms with Gasteiger partial charge in [0.2, 0.25) is 5.91 Å². The van der Waals surface area contributed by atoms with Crippen molar-refractivity contribution in [3.63, 3.8) is 0 Å². The van der Waals surface area contributed by atoms with E-state index >= 15 is 0 Å². The van der Waals surface area contributed by atoms with E-state index in [-0.39, 0.29) is 5.91 Å². The molecule has 3 atom stereocenters. The Kier molecular flexibility index (Phi) is 7.75.